The van der Waals surface area contributed by atoms with Gasteiger partial charge < -0.3 is 10.2 Å². The highest BCUT2D eigenvalue weighted by Gasteiger charge is 2.51. The highest BCUT2D eigenvalue weighted by atomic mass is 19.4. The average Bonchev–Trinajstić information content (AvgIpc) is 2.56. The van der Waals surface area contributed by atoms with Crippen molar-refractivity contribution in [1.29, 1.82) is 0 Å². The minimum atomic E-state index is -4.32. The predicted octanol–water partition coefficient (Wildman–Crippen LogP) is 1.03. The minimum Gasteiger partial charge on any atom is -0.352 e. The van der Waals surface area contributed by atoms with Crippen molar-refractivity contribution in [3.63, 3.8) is 0 Å². The van der Waals surface area contributed by atoms with Crippen LogP contribution in [0.3, 0.4) is 0 Å². The normalized spacial score (nSPS) is 26.8. The van der Waals surface area contributed by atoms with Crippen LogP contribution in [-0.4, -0.2) is 43.7 Å². The number of alkyl halides is 3. The van der Waals surface area contributed by atoms with Gasteiger partial charge in [-0.2, -0.15) is 13.2 Å². The van der Waals surface area contributed by atoms with Gasteiger partial charge in [0, 0.05) is 19.6 Å². The van der Waals surface area contributed by atoms with E-state index >= 15 is 0 Å². The standard InChI is InChI=1S/C10H15F3N2O/c1-3-4-14-9(16)7-5-15(2)6-8(7)10(11,12)13/h3,7-8H,1,4-6H2,2H3,(H,14,16). The van der Waals surface area contributed by atoms with Gasteiger partial charge in [-0.3, -0.25) is 4.79 Å². The van der Waals surface area contributed by atoms with E-state index < -0.39 is 23.9 Å². The topological polar surface area (TPSA) is 32.3 Å². The molecular formula is C10H15F3N2O. The molecule has 92 valence electrons. The van der Waals surface area contributed by atoms with Crippen molar-refractivity contribution >= 4 is 5.91 Å². The number of hydrogen-bond donors (Lipinski definition) is 1. The molecule has 0 spiro atoms. The van der Waals surface area contributed by atoms with Crippen LogP contribution in [-0.2, 0) is 4.79 Å². The van der Waals surface area contributed by atoms with E-state index in [4.69, 9.17) is 0 Å². The van der Waals surface area contributed by atoms with E-state index in [9.17, 15) is 18.0 Å². The fraction of sp³-hybridized carbons (Fsp3) is 0.700. The summed E-state index contributed by atoms with van der Waals surface area (Å²) in [6.07, 6.45) is -2.87. The van der Waals surface area contributed by atoms with E-state index in [2.05, 4.69) is 11.9 Å². The molecule has 1 N–H and O–H groups in total. The quantitative estimate of drug-likeness (QED) is 0.742. The van der Waals surface area contributed by atoms with E-state index in [-0.39, 0.29) is 19.6 Å². The first-order valence-electron chi connectivity index (χ1n) is 5.00. The van der Waals surface area contributed by atoms with Gasteiger partial charge in [0.25, 0.3) is 0 Å². The highest BCUT2D eigenvalue weighted by Crippen LogP contribution is 2.36. The van der Waals surface area contributed by atoms with Gasteiger partial charge in [-0.1, -0.05) is 6.08 Å². The monoisotopic (exact) mass is 236 g/mol. The molecule has 16 heavy (non-hydrogen) atoms. The van der Waals surface area contributed by atoms with Crippen LogP contribution >= 0.6 is 0 Å². The summed E-state index contributed by atoms with van der Waals surface area (Å²) in [5.74, 6) is -3.13. The van der Waals surface area contributed by atoms with Crippen molar-refractivity contribution in [3.05, 3.63) is 12.7 Å². The Bertz CT molecular complexity index is 278. The van der Waals surface area contributed by atoms with Crippen molar-refractivity contribution in [1.82, 2.24) is 10.2 Å². The van der Waals surface area contributed by atoms with Gasteiger partial charge in [0.2, 0.25) is 5.91 Å². The number of rotatable bonds is 3. The predicted molar refractivity (Wildman–Crippen MR) is 53.7 cm³/mol. The maximum Gasteiger partial charge on any atom is 0.393 e. The molecule has 0 radical (unpaired) electrons. The molecule has 0 aromatic heterocycles. The average molecular weight is 236 g/mol. The number of nitrogens with one attached hydrogen (secondary N) is 1. The molecule has 1 fully saturated rings. The minimum absolute atomic E-state index is 0.115. The molecule has 1 amide bonds. The van der Waals surface area contributed by atoms with Crippen molar-refractivity contribution in [2.75, 3.05) is 26.7 Å². The van der Waals surface area contributed by atoms with Crippen LogP contribution in [0.5, 0.6) is 0 Å². The Labute approximate surface area is 92.3 Å². The zero-order valence-electron chi connectivity index (χ0n) is 9.05. The van der Waals surface area contributed by atoms with Crippen molar-refractivity contribution in [2.24, 2.45) is 11.8 Å². The van der Waals surface area contributed by atoms with E-state index in [0.29, 0.717) is 0 Å². The van der Waals surface area contributed by atoms with Crippen LogP contribution in [0.1, 0.15) is 0 Å². The van der Waals surface area contributed by atoms with Crippen LogP contribution in [0.2, 0.25) is 0 Å². The summed E-state index contributed by atoms with van der Waals surface area (Å²) < 4.78 is 37.9. The van der Waals surface area contributed by atoms with Gasteiger partial charge in [-0.25, -0.2) is 0 Å². The fourth-order valence-corrected chi connectivity index (χ4v) is 1.90. The van der Waals surface area contributed by atoms with Crippen molar-refractivity contribution in [3.8, 4) is 0 Å². The lowest BCUT2D eigenvalue weighted by molar-refractivity contribution is -0.183. The van der Waals surface area contributed by atoms with Gasteiger partial charge in [0.05, 0.1) is 11.8 Å². The van der Waals surface area contributed by atoms with Gasteiger partial charge in [0.15, 0.2) is 0 Å². The Morgan fingerprint density at radius 3 is 2.69 bits per heavy atom. The second kappa shape index (κ2) is 4.86. The van der Waals surface area contributed by atoms with Gasteiger partial charge in [-0.05, 0) is 7.05 Å². The molecule has 0 aliphatic carbocycles. The lowest BCUT2D eigenvalue weighted by Gasteiger charge is -2.20. The van der Waals surface area contributed by atoms with E-state index in [1.165, 1.54) is 11.0 Å². The van der Waals surface area contributed by atoms with E-state index in [0.717, 1.165) is 0 Å². The largest absolute Gasteiger partial charge is 0.393 e. The number of nitrogens with zero attached hydrogens (tertiary/aromatic N) is 1. The fourth-order valence-electron chi connectivity index (χ4n) is 1.90. The Morgan fingerprint density at radius 2 is 2.19 bits per heavy atom. The Morgan fingerprint density at radius 1 is 1.56 bits per heavy atom. The number of carbonyl (C=O) groups is 1. The molecule has 2 unspecified atom stereocenters. The molecule has 3 nitrogen and oxygen atoms in total. The summed E-state index contributed by atoms with van der Waals surface area (Å²) in [5, 5.41) is 2.41. The molecule has 0 saturated carbocycles. The van der Waals surface area contributed by atoms with Crippen LogP contribution in [0.4, 0.5) is 13.2 Å². The molecule has 1 aliphatic rings. The lowest BCUT2D eigenvalue weighted by atomic mass is 9.94. The maximum atomic E-state index is 12.6. The maximum absolute atomic E-state index is 12.6. The van der Waals surface area contributed by atoms with Crippen LogP contribution in [0.25, 0.3) is 0 Å². The summed E-state index contributed by atoms with van der Waals surface area (Å²) in [4.78, 5) is 13.0. The second-order valence-corrected chi connectivity index (χ2v) is 4.01. The molecule has 0 bridgehead atoms. The molecule has 6 heteroatoms. The van der Waals surface area contributed by atoms with Crippen LogP contribution in [0, 0.1) is 11.8 Å². The third-order valence-electron chi connectivity index (χ3n) is 2.68. The number of carbonyl (C=O) groups excluding carboxylic acids is 1. The third-order valence-corrected chi connectivity index (χ3v) is 2.68. The van der Waals surface area contributed by atoms with Crippen LogP contribution < -0.4 is 5.32 Å². The van der Waals surface area contributed by atoms with Gasteiger partial charge in [-0.15, -0.1) is 6.58 Å². The zero-order chi connectivity index (χ0) is 12.3. The Kier molecular flexibility index (Phi) is 3.96. The molecule has 0 aromatic carbocycles. The SMILES string of the molecule is C=CCNC(=O)C1CN(C)CC1C(F)(F)F. The number of hydrogen-bond acceptors (Lipinski definition) is 2. The molecule has 0 aromatic rings. The summed E-state index contributed by atoms with van der Waals surface area (Å²) in [6.45, 7) is 3.62. The van der Waals surface area contributed by atoms with Gasteiger partial charge >= 0.3 is 6.18 Å². The highest BCUT2D eigenvalue weighted by molar-refractivity contribution is 5.79. The number of likely N-dealkylation sites (tertiary alicyclic amines) is 1. The molecule has 1 aliphatic heterocycles. The number of amides is 1. The van der Waals surface area contributed by atoms with Crippen molar-refractivity contribution in [2.45, 2.75) is 6.18 Å². The van der Waals surface area contributed by atoms with E-state index in [1.807, 2.05) is 0 Å². The summed E-state index contributed by atoms with van der Waals surface area (Å²) in [7, 11) is 1.58. The summed E-state index contributed by atoms with van der Waals surface area (Å²) >= 11 is 0. The summed E-state index contributed by atoms with van der Waals surface area (Å²) in [5.41, 5.74) is 0. The molecule has 2 atom stereocenters. The smallest absolute Gasteiger partial charge is 0.352 e. The Balaban J connectivity index is 2.69. The summed E-state index contributed by atoms with van der Waals surface area (Å²) in [6, 6.07) is 0. The lowest BCUT2D eigenvalue weighted by Crippen LogP contribution is -2.40. The number of halogens is 3. The van der Waals surface area contributed by atoms with Crippen molar-refractivity contribution < 1.29 is 18.0 Å². The molecule has 1 heterocycles. The molecule has 1 rings (SSSR count). The molecule has 1 saturated heterocycles. The van der Waals surface area contributed by atoms with Crippen LogP contribution in [0.15, 0.2) is 12.7 Å². The first kappa shape index (κ1) is 13.0. The molecular weight excluding hydrogens is 221 g/mol. The van der Waals surface area contributed by atoms with E-state index in [1.54, 1.807) is 7.05 Å². The first-order chi connectivity index (χ1) is 7.36. The third kappa shape index (κ3) is 2.98. The first-order valence-corrected chi connectivity index (χ1v) is 5.00. The van der Waals surface area contributed by atoms with Gasteiger partial charge in [0.1, 0.15) is 0 Å². The second-order valence-electron chi connectivity index (χ2n) is 4.01. The Hall–Kier alpha value is -1.04. The zero-order valence-corrected chi connectivity index (χ0v) is 9.05.